The van der Waals surface area contributed by atoms with Gasteiger partial charge in [0.15, 0.2) is 0 Å². The van der Waals surface area contributed by atoms with E-state index in [0.29, 0.717) is 6.04 Å². The Bertz CT molecular complexity index is 426. The molecule has 1 N–H and O–H groups in total. The van der Waals surface area contributed by atoms with E-state index in [4.69, 9.17) is 8.83 Å². The highest BCUT2D eigenvalue weighted by Crippen LogP contribution is 2.23. The Labute approximate surface area is 88.1 Å². The van der Waals surface area contributed by atoms with Gasteiger partial charge in [0, 0.05) is 6.04 Å². The minimum absolute atomic E-state index is 0.715. The quantitative estimate of drug-likeness (QED) is 0.830. The lowest BCUT2D eigenvalue weighted by molar-refractivity contribution is 0.491. The normalized spacial score (nSPS) is 15.7. The Morgan fingerprint density at radius 1 is 1.27 bits per heavy atom. The largest absolute Gasteiger partial charge is 0.472 e. The van der Waals surface area contributed by atoms with E-state index in [9.17, 15) is 0 Å². The van der Waals surface area contributed by atoms with E-state index < -0.39 is 0 Å². The van der Waals surface area contributed by atoms with Crippen LogP contribution in [-0.4, -0.2) is 6.04 Å². The summed E-state index contributed by atoms with van der Waals surface area (Å²) in [6.45, 7) is 0.822. The van der Waals surface area contributed by atoms with Crippen LogP contribution in [0.5, 0.6) is 0 Å². The maximum absolute atomic E-state index is 5.68. The van der Waals surface area contributed by atoms with Gasteiger partial charge in [-0.25, -0.2) is 0 Å². The van der Waals surface area contributed by atoms with Crippen LogP contribution < -0.4 is 5.32 Å². The van der Waals surface area contributed by atoms with Crippen molar-refractivity contribution in [2.75, 3.05) is 0 Å². The zero-order valence-corrected chi connectivity index (χ0v) is 8.40. The standard InChI is InChI=1S/C12H13NO2/c1-2-10(1)13-7-11-3-4-12(15-11)9-5-6-14-8-9/h3-6,8,10,13H,1-2,7H2. The molecular formula is C12H13NO2. The van der Waals surface area contributed by atoms with E-state index in [-0.39, 0.29) is 0 Å². The van der Waals surface area contributed by atoms with Crippen molar-refractivity contribution in [3.8, 4) is 11.3 Å². The van der Waals surface area contributed by atoms with Crippen molar-refractivity contribution in [1.82, 2.24) is 5.32 Å². The molecule has 0 amide bonds. The van der Waals surface area contributed by atoms with Crippen LogP contribution in [0.2, 0.25) is 0 Å². The highest BCUT2D eigenvalue weighted by Gasteiger charge is 2.20. The zero-order valence-electron chi connectivity index (χ0n) is 8.40. The van der Waals surface area contributed by atoms with Gasteiger partial charge >= 0.3 is 0 Å². The monoisotopic (exact) mass is 203 g/mol. The van der Waals surface area contributed by atoms with Crippen LogP contribution in [0.25, 0.3) is 11.3 Å². The molecule has 0 atom stereocenters. The summed E-state index contributed by atoms with van der Waals surface area (Å²) >= 11 is 0. The Balaban J connectivity index is 1.69. The van der Waals surface area contributed by atoms with Crippen molar-refractivity contribution in [3.63, 3.8) is 0 Å². The van der Waals surface area contributed by atoms with Crippen molar-refractivity contribution < 1.29 is 8.83 Å². The van der Waals surface area contributed by atoms with Crippen LogP contribution in [0.1, 0.15) is 18.6 Å². The summed E-state index contributed by atoms with van der Waals surface area (Å²) in [5.74, 6) is 1.86. The van der Waals surface area contributed by atoms with Gasteiger partial charge in [0.1, 0.15) is 17.8 Å². The summed E-state index contributed by atoms with van der Waals surface area (Å²) in [5.41, 5.74) is 0.993. The number of hydrogen-bond acceptors (Lipinski definition) is 3. The predicted molar refractivity (Wildman–Crippen MR) is 56.3 cm³/mol. The first-order valence-corrected chi connectivity index (χ1v) is 5.26. The van der Waals surface area contributed by atoms with Crippen molar-refractivity contribution >= 4 is 0 Å². The highest BCUT2D eigenvalue weighted by molar-refractivity contribution is 5.55. The summed E-state index contributed by atoms with van der Waals surface area (Å²) in [5, 5.41) is 3.41. The van der Waals surface area contributed by atoms with Gasteiger partial charge < -0.3 is 14.2 Å². The van der Waals surface area contributed by atoms with Crippen molar-refractivity contribution in [3.05, 3.63) is 36.5 Å². The first kappa shape index (κ1) is 8.80. The molecule has 1 fully saturated rings. The fraction of sp³-hybridized carbons (Fsp3) is 0.333. The molecule has 0 saturated heterocycles. The van der Waals surface area contributed by atoms with Gasteiger partial charge in [-0.05, 0) is 31.0 Å². The minimum atomic E-state index is 0.715. The molecule has 15 heavy (non-hydrogen) atoms. The average molecular weight is 203 g/mol. The molecule has 0 spiro atoms. The lowest BCUT2D eigenvalue weighted by Gasteiger charge is -1.97. The molecule has 2 aromatic rings. The molecule has 1 aliphatic carbocycles. The van der Waals surface area contributed by atoms with Gasteiger partial charge in [-0.2, -0.15) is 0 Å². The fourth-order valence-electron chi connectivity index (χ4n) is 1.57. The Hall–Kier alpha value is -1.48. The lowest BCUT2D eigenvalue weighted by atomic mass is 10.3. The van der Waals surface area contributed by atoms with Gasteiger partial charge in [-0.3, -0.25) is 0 Å². The van der Waals surface area contributed by atoms with Crippen LogP contribution in [0.15, 0.2) is 39.6 Å². The summed E-state index contributed by atoms with van der Waals surface area (Å²) in [4.78, 5) is 0. The third-order valence-electron chi connectivity index (χ3n) is 2.61. The Morgan fingerprint density at radius 2 is 2.20 bits per heavy atom. The van der Waals surface area contributed by atoms with E-state index in [1.165, 1.54) is 12.8 Å². The molecule has 0 bridgehead atoms. The molecule has 1 saturated carbocycles. The van der Waals surface area contributed by atoms with Crippen molar-refractivity contribution in [2.45, 2.75) is 25.4 Å². The molecule has 0 unspecified atom stereocenters. The molecule has 78 valence electrons. The Morgan fingerprint density at radius 3 is 2.93 bits per heavy atom. The molecule has 3 rings (SSSR count). The topological polar surface area (TPSA) is 38.3 Å². The number of nitrogens with one attached hydrogen (secondary N) is 1. The first-order valence-electron chi connectivity index (χ1n) is 5.26. The van der Waals surface area contributed by atoms with E-state index >= 15 is 0 Å². The maximum Gasteiger partial charge on any atom is 0.137 e. The fourth-order valence-corrected chi connectivity index (χ4v) is 1.57. The van der Waals surface area contributed by atoms with Gasteiger partial charge in [0.25, 0.3) is 0 Å². The third kappa shape index (κ3) is 1.97. The van der Waals surface area contributed by atoms with E-state index in [2.05, 4.69) is 5.32 Å². The van der Waals surface area contributed by atoms with Crippen LogP contribution in [-0.2, 0) is 6.54 Å². The second-order valence-electron chi connectivity index (χ2n) is 3.93. The second-order valence-corrected chi connectivity index (χ2v) is 3.93. The molecule has 2 heterocycles. The molecule has 0 aromatic carbocycles. The van der Waals surface area contributed by atoms with Gasteiger partial charge in [0.2, 0.25) is 0 Å². The summed E-state index contributed by atoms with van der Waals surface area (Å²) < 4.78 is 10.7. The lowest BCUT2D eigenvalue weighted by Crippen LogP contribution is -2.14. The second kappa shape index (κ2) is 3.59. The summed E-state index contributed by atoms with van der Waals surface area (Å²) in [6, 6.07) is 6.61. The SMILES string of the molecule is c1cc(-c2ccc(CNC3CC3)o2)co1. The summed E-state index contributed by atoms with van der Waals surface area (Å²) in [7, 11) is 0. The predicted octanol–water partition coefficient (Wildman–Crippen LogP) is 2.79. The zero-order chi connectivity index (χ0) is 10.1. The van der Waals surface area contributed by atoms with Gasteiger partial charge in [-0.15, -0.1) is 0 Å². The molecule has 0 aliphatic heterocycles. The molecule has 3 nitrogen and oxygen atoms in total. The maximum atomic E-state index is 5.68. The number of hydrogen-bond donors (Lipinski definition) is 1. The highest BCUT2D eigenvalue weighted by atomic mass is 16.3. The van der Waals surface area contributed by atoms with Crippen LogP contribution >= 0.6 is 0 Å². The third-order valence-corrected chi connectivity index (χ3v) is 2.61. The van der Waals surface area contributed by atoms with Gasteiger partial charge in [-0.1, -0.05) is 0 Å². The molecule has 1 aliphatic rings. The van der Waals surface area contributed by atoms with E-state index in [1.54, 1.807) is 12.5 Å². The van der Waals surface area contributed by atoms with Gasteiger partial charge in [0.05, 0.1) is 18.4 Å². The van der Waals surface area contributed by atoms with E-state index in [1.807, 2.05) is 18.2 Å². The minimum Gasteiger partial charge on any atom is -0.472 e. The smallest absolute Gasteiger partial charge is 0.137 e. The first-order chi connectivity index (χ1) is 7.42. The van der Waals surface area contributed by atoms with Crippen LogP contribution in [0.4, 0.5) is 0 Å². The molecular weight excluding hydrogens is 190 g/mol. The van der Waals surface area contributed by atoms with Crippen molar-refractivity contribution in [1.29, 1.82) is 0 Å². The Kier molecular flexibility index (Phi) is 2.10. The van der Waals surface area contributed by atoms with Crippen LogP contribution in [0, 0.1) is 0 Å². The average Bonchev–Trinajstić information content (AvgIpc) is 2.78. The molecule has 0 radical (unpaired) electrons. The van der Waals surface area contributed by atoms with Crippen molar-refractivity contribution in [2.24, 2.45) is 0 Å². The molecule has 3 heteroatoms. The summed E-state index contributed by atoms with van der Waals surface area (Å²) in [6.07, 6.45) is 5.95. The van der Waals surface area contributed by atoms with Crippen LogP contribution in [0.3, 0.4) is 0 Å². The molecule has 2 aromatic heterocycles. The van der Waals surface area contributed by atoms with E-state index in [0.717, 1.165) is 23.6 Å². The number of rotatable bonds is 4. The number of furan rings is 2.